The van der Waals surface area contributed by atoms with Crippen LogP contribution in [0, 0.1) is 23.2 Å². The SMILES string of the molecule is CC12CCC3C(CCC(=O)N4CCCC34C)C1CC=C2c1cccnc1. The van der Waals surface area contributed by atoms with Gasteiger partial charge in [0.1, 0.15) is 0 Å². The fourth-order valence-corrected chi connectivity index (χ4v) is 7.20. The molecule has 5 rings (SSSR count). The zero-order valence-electron chi connectivity index (χ0n) is 16.1. The van der Waals surface area contributed by atoms with Gasteiger partial charge in [-0.05, 0) is 85.8 Å². The van der Waals surface area contributed by atoms with Crippen LogP contribution in [-0.4, -0.2) is 27.9 Å². The van der Waals surface area contributed by atoms with Crippen molar-refractivity contribution in [1.82, 2.24) is 9.88 Å². The van der Waals surface area contributed by atoms with E-state index in [4.69, 9.17) is 0 Å². The summed E-state index contributed by atoms with van der Waals surface area (Å²) in [4.78, 5) is 19.4. The van der Waals surface area contributed by atoms with E-state index in [1.54, 1.807) is 0 Å². The Morgan fingerprint density at radius 1 is 1.19 bits per heavy atom. The average molecular weight is 351 g/mol. The summed E-state index contributed by atoms with van der Waals surface area (Å²) in [5.74, 6) is 2.45. The number of rotatable bonds is 1. The molecular formula is C23H30N2O. The lowest BCUT2D eigenvalue weighted by molar-refractivity contribution is -0.135. The van der Waals surface area contributed by atoms with Crippen molar-refractivity contribution in [3.63, 3.8) is 0 Å². The highest BCUT2D eigenvalue weighted by atomic mass is 16.2. The molecule has 3 heterocycles. The minimum absolute atomic E-state index is 0.108. The van der Waals surface area contributed by atoms with E-state index < -0.39 is 0 Å². The summed E-state index contributed by atoms with van der Waals surface area (Å²) in [6.45, 7) is 5.87. The molecule has 5 atom stereocenters. The lowest BCUT2D eigenvalue weighted by Gasteiger charge is -2.53. The molecule has 0 N–H and O–H groups in total. The molecule has 3 fully saturated rings. The lowest BCUT2D eigenvalue weighted by Crippen LogP contribution is -2.53. The first-order chi connectivity index (χ1) is 12.5. The van der Waals surface area contributed by atoms with Gasteiger partial charge in [-0.25, -0.2) is 0 Å². The van der Waals surface area contributed by atoms with Crippen LogP contribution in [0.5, 0.6) is 0 Å². The third kappa shape index (κ3) is 2.12. The first-order valence-electron chi connectivity index (χ1n) is 10.5. The Kier molecular flexibility index (Phi) is 3.61. The number of carbonyl (C=O) groups is 1. The van der Waals surface area contributed by atoms with Crippen LogP contribution < -0.4 is 0 Å². The van der Waals surface area contributed by atoms with Gasteiger partial charge in [0.25, 0.3) is 0 Å². The topological polar surface area (TPSA) is 33.2 Å². The monoisotopic (exact) mass is 350 g/mol. The first kappa shape index (κ1) is 16.5. The number of hydrogen-bond acceptors (Lipinski definition) is 2. The Labute approximate surface area is 156 Å². The predicted octanol–water partition coefficient (Wildman–Crippen LogP) is 4.69. The number of aromatic nitrogens is 1. The summed E-state index contributed by atoms with van der Waals surface area (Å²) in [5.41, 5.74) is 3.17. The van der Waals surface area contributed by atoms with Crippen molar-refractivity contribution in [2.24, 2.45) is 23.2 Å². The van der Waals surface area contributed by atoms with E-state index in [9.17, 15) is 4.79 Å². The smallest absolute Gasteiger partial charge is 0.223 e. The van der Waals surface area contributed by atoms with E-state index in [0.717, 1.165) is 19.4 Å². The van der Waals surface area contributed by atoms with E-state index in [1.807, 2.05) is 12.4 Å². The molecule has 138 valence electrons. The van der Waals surface area contributed by atoms with Gasteiger partial charge in [0.2, 0.25) is 5.91 Å². The second-order valence-electron chi connectivity index (χ2n) is 9.47. The van der Waals surface area contributed by atoms with Crippen molar-refractivity contribution in [1.29, 1.82) is 0 Å². The molecule has 26 heavy (non-hydrogen) atoms. The van der Waals surface area contributed by atoms with Gasteiger partial charge in [-0.15, -0.1) is 0 Å². The van der Waals surface area contributed by atoms with Gasteiger partial charge < -0.3 is 4.90 Å². The highest BCUT2D eigenvalue weighted by Gasteiger charge is 2.58. The van der Waals surface area contributed by atoms with Gasteiger partial charge in [0.15, 0.2) is 0 Å². The van der Waals surface area contributed by atoms with Crippen molar-refractivity contribution < 1.29 is 4.79 Å². The van der Waals surface area contributed by atoms with Crippen LogP contribution in [-0.2, 0) is 4.79 Å². The maximum atomic E-state index is 12.8. The van der Waals surface area contributed by atoms with Gasteiger partial charge in [0, 0.05) is 30.9 Å². The van der Waals surface area contributed by atoms with Crippen molar-refractivity contribution in [2.45, 2.75) is 64.3 Å². The number of allylic oxidation sites excluding steroid dienone is 2. The fraction of sp³-hybridized carbons (Fsp3) is 0.652. The van der Waals surface area contributed by atoms with Crippen molar-refractivity contribution in [3.8, 4) is 0 Å². The molecule has 2 saturated heterocycles. The van der Waals surface area contributed by atoms with Crippen molar-refractivity contribution in [2.75, 3.05) is 6.54 Å². The molecule has 4 aliphatic rings. The molecule has 1 aromatic rings. The molecule has 1 aromatic heterocycles. The van der Waals surface area contributed by atoms with E-state index in [0.29, 0.717) is 23.7 Å². The van der Waals surface area contributed by atoms with Crippen LogP contribution in [0.3, 0.4) is 0 Å². The average Bonchev–Trinajstić information content (AvgIpc) is 3.18. The molecule has 0 bridgehead atoms. The Morgan fingerprint density at radius 2 is 2.08 bits per heavy atom. The van der Waals surface area contributed by atoms with Gasteiger partial charge in [0.05, 0.1) is 0 Å². The minimum Gasteiger partial charge on any atom is -0.337 e. The van der Waals surface area contributed by atoms with Crippen LogP contribution in [0.1, 0.15) is 64.4 Å². The molecule has 1 saturated carbocycles. The highest BCUT2D eigenvalue weighted by Crippen LogP contribution is 2.63. The summed E-state index contributed by atoms with van der Waals surface area (Å²) in [5, 5.41) is 0. The summed E-state index contributed by atoms with van der Waals surface area (Å²) in [6.07, 6.45) is 14.3. The van der Waals surface area contributed by atoms with Crippen LogP contribution in [0.15, 0.2) is 30.6 Å². The number of hydrogen-bond donors (Lipinski definition) is 0. The molecular weight excluding hydrogens is 320 g/mol. The zero-order valence-corrected chi connectivity index (χ0v) is 16.1. The molecule has 2 aliphatic carbocycles. The van der Waals surface area contributed by atoms with Gasteiger partial charge >= 0.3 is 0 Å². The maximum Gasteiger partial charge on any atom is 0.223 e. The van der Waals surface area contributed by atoms with E-state index in [-0.39, 0.29) is 11.0 Å². The number of pyridine rings is 1. The number of carbonyl (C=O) groups excluding carboxylic acids is 1. The second kappa shape index (κ2) is 5.68. The van der Waals surface area contributed by atoms with Crippen LogP contribution in [0.2, 0.25) is 0 Å². The normalized spacial score (nSPS) is 41.9. The fourth-order valence-electron chi connectivity index (χ4n) is 7.20. The third-order valence-electron chi connectivity index (χ3n) is 8.46. The van der Waals surface area contributed by atoms with Crippen LogP contribution in [0.25, 0.3) is 5.57 Å². The van der Waals surface area contributed by atoms with Crippen LogP contribution >= 0.6 is 0 Å². The van der Waals surface area contributed by atoms with E-state index in [1.165, 1.54) is 43.2 Å². The Balaban J connectivity index is 1.51. The van der Waals surface area contributed by atoms with Crippen LogP contribution in [0.4, 0.5) is 0 Å². The second-order valence-corrected chi connectivity index (χ2v) is 9.47. The minimum atomic E-state index is 0.108. The predicted molar refractivity (Wildman–Crippen MR) is 103 cm³/mol. The quantitative estimate of drug-likeness (QED) is 0.736. The summed E-state index contributed by atoms with van der Waals surface area (Å²) >= 11 is 0. The standard InChI is InChI=1S/C23H30N2O/c1-22-12-10-20-17(6-9-21(26)25-14-4-11-23(20,25)2)19(22)8-7-18(22)16-5-3-13-24-15-16/h3,5,7,13,15,17,19-20H,4,6,8-12,14H2,1-2H3. The molecule has 1 amide bonds. The Morgan fingerprint density at radius 3 is 2.88 bits per heavy atom. The van der Waals surface area contributed by atoms with Gasteiger partial charge in [-0.1, -0.05) is 19.1 Å². The zero-order chi connectivity index (χ0) is 17.9. The molecule has 3 nitrogen and oxygen atoms in total. The van der Waals surface area contributed by atoms with E-state index in [2.05, 4.69) is 41.9 Å². The van der Waals surface area contributed by atoms with Gasteiger partial charge in [-0.3, -0.25) is 9.78 Å². The Bertz CT molecular complexity index is 757. The molecule has 2 aliphatic heterocycles. The van der Waals surface area contributed by atoms with Crippen molar-refractivity contribution in [3.05, 3.63) is 36.2 Å². The summed E-state index contributed by atoms with van der Waals surface area (Å²) in [7, 11) is 0. The molecule has 5 unspecified atom stereocenters. The lowest BCUT2D eigenvalue weighted by atomic mass is 9.54. The molecule has 3 heteroatoms. The molecule has 0 radical (unpaired) electrons. The molecule has 0 spiro atoms. The highest BCUT2D eigenvalue weighted by molar-refractivity contribution is 5.78. The third-order valence-corrected chi connectivity index (χ3v) is 8.46. The molecule has 0 aromatic carbocycles. The van der Waals surface area contributed by atoms with E-state index >= 15 is 0 Å². The van der Waals surface area contributed by atoms with Crippen molar-refractivity contribution >= 4 is 11.5 Å². The Hall–Kier alpha value is -1.64. The maximum absolute atomic E-state index is 12.8. The van der Waals surface area contributed by atoms with Gasteiger partial charge in [-0.2, -0.15) is 0 Å². The first-order valence-corrected chi connectivity index (χ1v) is 10.5. The number of nitrogens with zero attached hydrogens (tertiary/aromatic N) is 2. The number of fused-ring (bicyclic) bond motifs is 5. The number of amides is 1. The largest absolute Gasteiger partial charge is 0.337 e. The summed E-state index contributed by atoms with van der Waals surface area (Å²) < 4.78 is 0. The summed E-state index contributed by atoms with van der Waals surface area (Å²) in [6, 6.07) is 4.27.